The molecule has 0 saturated carbocycles. The van der Waals surface area contributed by atoms with E-state index < -0.39 is 24.6 Å². The molecule has 0 heterocycles. The predicted octanol–water partition coefficient (Wildman–Crippen LogP) is 2.16. The van der Waals surface area contributed by atoms with Crippen LogP contribution in [0.1, 0.15) is 40.4 Å². The second-order valence-corrected chi connectivity index (χ2v) is 3.38. The van der Waals surface area contributed by atoms with Crippen molar-refractivity contribution in [1.82, 2.24) is 0 Å². The monoisotopic (exact) mass is 255 g/mol. The number of aliphatic hydroxyl groups excluding tert-OH is 1. The number of rotatable bonds is 4. The molecule has 0 atom stereocenters. The van der Waals surface area contributed by atoms with E-state index in [0.29, 0.717) is 0 Å². The molecule has 1 aromatic rings. The number of halogens is 2. The van der Waals surface area contributed by atoms with Crippen LogP contribution in [-0.4, -0.2) is 17.7 Å². The van der Waals surface area contributed by atoms with E-state index in [0.717, 1.165) is 12.1 Å². The van der Waals surface area contributed by atoms with Crippen LogP contribution in [0.4, 0.5) is 8.78 Å². The first-order chi connectivity index (χ1) is 8.54. The van der Waals surface area contributed by atoms with Crippen molar-refractivity contribution in [2.75, 3.05) is 6.61 Å². The van der Waals surface area contributed by atoms with Crippen molar-refractivity contribution in [1.29, 1.82) is 5.26 Å². The van der Waals surface area contributed by atoms with Gasteiger partial charge in [-0.3, -0.25) is 0 Å². The van der Waals surface area contributed by atoms with Gasteiger partial charge in [-0.05, 0) is 19.1 Å². The number of nitriles is 1. The fraction of sp³-hybridized carbons (Fsp3) is 0.333. The van der Waals surface area contributed by atoms with Crippen molar-refractivity contribution in [2.24, 2.45) is 0 Å². The van der Waals surface area contributed by atoms with Gasteiger partial charge in [0.15, 0.2) is 0 Å². The number of carbonyl (C=O) groups is 1. The third-order valence-electron chi connectivity index (χ3n) is 2.31. The highest BCUT2D eigenvalue weighted by Gasteiger charge is 2.20. The van der Waals surface area contributed by atoms with Crippen LogP contribution >= 0.6 is 0 Å². The standard InChI is InChI=1S/C12H11F2NO3/c1-2-18-12(17)7-3-8(5-15)10(6-16)9(4-7)11(13)14/h3-4,11,16H,2,6H2,1H3. The summed E-state index contributed by atoms with van der Waals surface area (Å²) in [5.41, 5.74) is -0.973. The molecule has 0 aliphatic rings. The van der Waals surface area contributed by atoms with Gasteiger partial charge in [0.05, 0.1) is 30.4 Å². The molecule has 96 valence electrons. The summed E-state index contributed by atoms with van der Waals surface area (Å²) >= 11 is 0. The first kappa shape index (κ1) is 14.1. The zero-order chi connectivity index (χ0) is 13.7. The van der Waals surface area contributed by atoms with Crippen LogP contribution in [0.3, 0.4) is 0 Å². The second kappa shape index (κ2) is 6.07. The maximum Gasteiger partial charge on any atom is 0.338 e. The van der Waals surface area contributed by atoms with E-state index in [4.69, 9.17) is 10.4 Å². The van der Waals surface area contributed by atoms with E-state index in [1.807, 2.05) is 0 Å². The molecule has 1 N–H and O–H groups in total. The van der Waals surface area contributed by atoms with Crippen LogP contribution in [0.2, 0.25) is 0 Å². The van der Waals surface area contributed by atoms with Gasteiger partial charge in [0.2, 0.25) is 0 Å². The molecule has 0 aromatic heterocycles. The minimum Gasteiger partial charge on any atom is -0.462 e. The smallest absolute Gasteiger partial charge is 0.338 e. The quantitative estimate of drug-likeness (QED) is 0.837. The van der Waals surface area contributed by atoms with Crippen LogP contribution < -0.4 is 0 Å². The molecule has 0 bridgehead atoms. The molecule has 18 heavy (non-hydrogen) atoms. The number of aliphatic hydroxyl groups is 1. The van der Waals surface area contributed by atoms with Crippen molar-refractivity contribution >= 4 is 5.97 Å². The minimum atomic E-state index is -2.88. The number of alkyl halides is 2. The zero-order valence-electron chi connectivity index (χ0n) is 9.61. The van der Waals surface area contributed by atoms with Crippen molar-refractivity contribution in [3.63, 3.8) is 0 Å². The highest BCUT2D eigenvalue weighted by Crippen LogP contribution is 2.27. The Kier molecular flexibility index (Phi) is 4.75. The molecular formula is C12H11F2NO3. The third kappa shape index (κ3) is 2.81. The molecule has 0 aliphatic carbocycles. The van der Waals surface area contributed by atoms with E-state index >= 15 is 0 Å². The first-order valence-corrected chi connectivity index (χ1v) is 5.18. The molecule has 1 aromatic carbocycles. The number of esters is 1. The lowest BCUT2D eigenvalue weighted by atomic mass is 9.98. The molecule has 0 amide bonds. The Labute approximate surface area is 102 Å². The number of carbonyl (C=O) groups excluding carboxylic acids is 1. The lowest BCUT2D eigenvalue weighted by Gasteiger charge is -2.11. The molecule has 1 rings (SSSR count). The summed E-state index contributed by atoms with van der Waals surface area (Å²) in [6.45, 7) is 0.997. The summed E-state index contributed by atoms with van der Waals surface area (Å²) in [5.74, 6) is -0.777. The Morgan fingerprint density at radius 2 is 2.22 bits per heavy atom. The van der Waals surface area contributed by atoms with Gasteiger partial charge in [-0.1, -0.05) is 0 Å². The molecule has 0 fully saturated rings. The van der Waals surface area contributed by atoms with Crippen molar-refractivity contribution in [3.05, 3.63) is 34.4 Å². The van der Waals surface area contributed by atoms with E-state index in [9.17, 15) is 13.6 Å². The predicted molar refractivity (Wildman–Crippen MR) is 58.0 cm³/mol. The van der Waals surface area contributed by atoms with Gasteiger partial charge in [0.25, 0.3) is 6.43 Å². The Bertz CT molecular complexity index is 495. The van der Waals surface area contributed by atoms with Crippen LogP contribution in [0.15, 0.2) is 12.1 Å². The summed E-state index contributed by atoms with van der Waals surface area (Å²) in [6.07, 6.45) is -2.88. The number of ether oxygens (including phenoxy) is 1. The fourth-order valence-corrected chi connectivity index (χ4v) is 1.50. The average molecular weight is 255 g/mol. The van der Waals surface area contributed by atoms with Gasteiger partial charge in [-0.2, -0.15) is 5.26 Å². The Morgan fingerprint density at radius 1 is 1.56 bits per heavy atom. The van der Waals surface area contributed by atoms with Crippen LogP contribution in [0.25, 0.3) is 0 Å². The SMILES string of the molecule is CCOC(=O)c1cc(C#N)c(CO)c(C(F)F)c1. The van der Waals surface area contributed by atoms with Gasteiger partial charge in [-0.15, -0.1) is 0 Å². The molecule has 0 unspecified atom stereocenters. The van der Waals surface area contributed by atoms with Crippen molar-refractivity contribution in [2.45, 2.75) is 20.0 Å². The summed E-state index contributed by atoms with van der Waals surface area (Å²) in [5, 5.41) is 17.8. The molecule has 4 nitrogen and oxygen atoms in total. The second-order valence-electron chi connectivity index (χ2n) is 3.38. The molecular weight excluding hydrogens is 244 g/mol. The Balaban J connectivity index is 3.37. The average Bonchev–Trinajstić information content (AvgIpc) is 2.37. The molecule has 0 radical (unpaired) electrons. The molecule has 0 aliphatic heterocycles. The summed E-state index contributed by atoms with van der Waals surface area (Å²) in [4.78, 5) is 11.4. The largest absolute Gasteiger partial charge is 0.462 e. The van der Waals surface area contributed by atoms with Crippen LogP contribution in [-0.2, 0) is 11.3 Å². The summed E-state index contributed by atoms with van der Waals surface area (Å²) in [7, 11) is 0. The van der Waals surface area contributed by atoms with Crippen molar-refractivity contribution < 1.29 is 23.4 Å². The van der Waals surface area contributed by atoms with Crippen LogP contribution in [0, 0.1) is 11.3 Å². The van der Waals surface area contributed by atoms with E-state index in [1.165, 1.54) is 0 Å². The van der Waals surface area contributed by atoms with E-state index in [1.54, 1.807) is 13.0 Å². The highest BCUT2D eigenvalue weighted by atomic mass is 19.3. The highest BCUT2D eigenvalue weighted by molar-refractivity contribution is 5.90. The first-order valence-electron chi connectivity index (χ1n) is 5.18. The van der Waals surface area contributed by atoms with Gasteiger partial charge in [0, 0.05) is 11.1 Å². The van der Waals surface area contributed by atoms with Crippen molar-refractivity contribution in [3.8, 4) is 6.07 Å². The lowest BCUT2D eigenvalue weighted by Crippen LogP contribution is -2.08. The maximum atomic E-state index is 12.8. The number of nitrogens with zero attached hydrogens (tertiary/aromatic N) is 1. The van der Waals surface area contributed by atoms with Gasteiger partial charge < -0.3 is 9.84 Å². The van der Waals surface area contributed by atoms with E-state index in [2.05, 4.69) is 4.74 Å². The lowest BCUT2D eigenvalue weighted by molar-refractivity contribution is 0.0525. The fourth-order valence-electron chi connectivity index (χ4n) is 1.50. The normalized spacial score (nSPS) is 10.2. The number of hydrogen-bond donors (Lipinski definition) is 1. The van der Waals surface area contributed by atoms with E-state index in [-0.39, 0.29) is 23.3 Å². The van der Waals surface area contributed by atoms with Gasteiger partial charge in [-0.25, -0.2) is 13.6 Å². The Morgan fingerprint density at radius 3 is 2.67 bits per heavy atom. The number of benzene rings is 1. The van der Waals surface area contributed by atoms with Gasteiger partial charge >= 0.3 is 5.97 Å². The molecule has 0 saturated heterocycles. The number of hydrogen-bond acceptors (Lipinski definition) is 4. The minimum absolute atomic E-state index is 0.104. The van der Waals surface area contributed by atoms with Gasteiger partial charge in [0.1, 0.15) is 0 Å². The summed E-state index contributed by atoms with van der Waals surface area (Å²) < 4.78 is 30.3. The maximum absolute atomic E-state index is 12.8. The Hall–Kier alpha value is -2.00. The topological polar surface area (TPSA) is 70.3 Å². The molecule has 0 spiro atoms. The molecule has 6 heteroatoms. The summed E-state index contributed by atoms with van der Waals surface area (Å²) in [6, 6.07) is 3.75. The third-order valence-corrected chi connectivity index (χ3v) is 2.31. The van der Waals surface area contributed by atoms with Crippen LogP contribution in [0.5, 0.6) is 0 Å². The zero-order valence-corrected chi connectivity index (χ0v) is 9.61.